The number of nitrogens with two attached hydrogens (primary N) is 1. The molecule has 0 aliphatic carbocycles. The van der Waals surface area contributed by atoms with E-state index < -0.39 is 0 Å². The van der Waals surface area contributed by atoms with Crippen LogP contribution in [0, 0.1) is 0 Å². The van der Waals surface area contributed by atoms with Crippen molar-refractivity contribution in [2.45, 2.75) is 6.54 Å². The van der Waals surface area contributed by atoms with Crippen molar-refractivity contribution in [3.63, 3.8) is 0 Å². The van der Waals surface area contributed by atoms with E-state index in [0.717, 1.165) is 5.56 Å². The van der Waals surface area contributed by atoms with Gasteiger partial charge in [-0.05, 0) is 0 Å². The van der Waals surface area contributed by atoms with Crippen LogP contribution in [0.25, 0.3) is 0 Å². The Hall–Kier alpha value is -2.11. The van der Waals surface area contributed by atoms with Crippen molar-refractivity contribution in [3.05, 3.63) is 30.4 Å². The first-order chi connectivity index (χ1) is 6.84. The van der Waals surface area contributed by atoms with Crippen molar-refractivity contribution in [2.24, 2.45) is 0 Å². The van der Waals surface area contributed by atoms with Gasteiger partial charge in [-0.25, -0.2) is 9.97 Å². The lowest BCUT2D eigenvalue weighted by atomic mass is 10.3. The molecular formula is C8H10N6. The molecule has 0 amide bonds. The summed E-state index contributed by atoms with van der Waals surface area (Å²) >= 11 is 0. The van der Waals surface area contributed by atoms with Crippen molar-refractivity contribution < 1.29 is 0 Å². The maximum absolute atomic E-state index is 5.40. The monoisotopic (exact) mass is 190 g/mol. The first-order valence-electron chi connectivity index (χ1n) is 4.13. The highest BCUT2D eigenvalue weighted by molar-refractivity contribution is 5.36. The average Bonchev–Trinajstić information content (AvgIpc) is 2.70. The van der Waals surface area contributed by atoms with Crippen LogP contribution in [0.4, 0.5) is 11.6 Å². The molecule has 0 spiro atoms. The Morgan fingerprint density at radius 2 is 2.21 bits per heavy atom. The molecule has 0 saturated heterocycles. The van der Waals surface area contributed by atoms with Gasteiger partial charge in [-0.1, -0.05) is 0 Å². The molecule has 0 unspecified atom stereocenters. The Kier molecular flexibility index (Phi) is 2.26. The number of aromatic nitrogens is 4. The molecule has 0 aromatic carbocycles. The zero-order valence-corrected chi connectivity index (χ0v) is 7.44. The second-order valence-corrected chi connectivity index (χ2v) is 2.79. The number of hydrogen-bond acceptors (Lipinski definition) is 5. The molecule has 0 aliphatic heterocycles. The fraction of sp³-hybridized carbons (Fsp3) is 0.125. The van der Waals surface area contributed by atoms with Crippen LogP contribution in [-0.4, -0.2) is 20.2 Å². The summed E-state index contributed by atoms with van der Waals surface area (Å²) in [6, 6.07) is 0. The van der Waals surface area contributed by atoms with Crippen molar-refractivity contribution in [1.29, 1.82) is 0 Å². The van der Waals surface area contributed by atoms with E-state index in [0.29, 0.717) is 18.2 Å². The molecule has 72 valence electrons. The fourth-order valence-electron chi connectivity index (χ4n) is 0.996. The minimum absolute atomic E-state index is 0.416. The summed E-state index contributed by atoms with van der Waals surface area (Å²) in [4.78, 5) is 7.96. The van der Waals surface area contributed by atoms with Crippen LogP contribution >= 0.6 is 0 Å². The molecule has 0 atom stereocenters. The molecule has 0 aliphatic rings. The Labute approximate surface area is 80.6 Å². The van der Waals surface area contributed by atoms with Gasteiger partial charge in [0, 0.05) is 18.3 Å². The molecule has 0 saturated carbocycles. The molecule has 6 nitrogen and oxygen atoms in total. The van der Waals surface area contributed by atoms with Crippen LogP contribution in [0.2, 0.25) is 0 Å². The highest BCUT2D eigenvalue weighted by Gasteiger charge is 1.95. The van der Waals surface area contributed by atoms with Crippen molar-refractivity contribution >= 4 is 11.6 Å². The van der Waals surface area contributed by atoms with Gasteiger partial charge in [0.05, 0.1) is 18.6 Å². The lowest BCUT2D eigenvalue weighted by Crippen LogP contribution is -2.01. The highest BCUT2D eigenvalue weighted by atomic mass is 15.1. The first-order valence-corrected chi connectivity index (χ1v) is 4.13. The summed E-state index contributed by atoms with van der Waals surface area (Å²) in [5.74, 6) is 1.11. The minimum atomic E-state index is 0.416. The summed E-state index contributed by atoms with van der Waals surface area (Å²) < 4.78 is 0. The Bertz CT molecular complexity index is 379. The van der Waals surface area contributed by atoms with Gasteiger partial charge in [-0.2, -0.15) is 5.10 Å². The molecule has 4 N–H and O–H groups in total. The van der Waals surface area contributed by atoms with Crippen molar-refractivity contribution in [1.82, 2.24) is 20.2 Å². The second kappa shape index (κ2) is 3.73. The van der Waals surface area contributed by atoms with E-state index in [9.17, 15) is 0 Å². The molecule has 6 heteroatoms. The molecule has 2 aromatic rings. The normalized spacial score (nSPS) is 10.0. The van der Waals surface area contributed by atoms with E-state index >= 15 is 0 Å². The fourth-order valence-corrected chi connectivity index (χ4v) is 0.996. The topological polar surface area (TPSA) is 92.5 Å². The summed E-state index contributed by atoms with van der Waals surface area (Å²) in [5, 5.41) is 9.64. The van der Waals surface area contributed by atoms with E-state index in [2.05, 4.69) is 25.5 Å². The molecule has 0 radical (unpaired) electrons. The van der Waals surface area contributed by atoms with Gasteiger partial charge in [-0.15, -0.1) is 0 Å². The van der Waals surface area contributed by atoms with E-state index in [1.165, 1.54) is 6.20 Å². The maximum Gasteiger partial charge on any atom is 0.144 e. The number of nitrogens with zero attached hydrogens (tertiary/aromatic N) is 3. The van der Waals surface area contributed by atoms with Crippen LogP contribution in [0.1, 0.15) is 5.56 Å². The summed E-state index contributed by atoms with van der Waals surface area (Å²) in [5.41, 5.74) is 6.46. The summed E-state index contributed by atoms with van der Waals surface area (Å²) in [6.07, 6.45) is 6.67. The summed E-state index contributed by atoms with van der Waals surface area (Å²) in [7, 11) is 0. The van der Waals surface area contributed by atoms with Crippen LogP contribution in [-0.2, 0) is 6.54 Å². The SMILES string of the molecule is Nc1cnc(NCc2cn[nH]c2)cn1. The van der Waals surface area contributed by atoms with Gasteiger partial charge in [-0.3, -0.25) is 5.10 Å². The average molecular weight is 190 g/mol. The predicted molar refractivity (Wildman–Crippen MR) is 52.4 cm³/mol. The predicted octanol–water partition coefficient (Wildman–Crippen LogP) is 0.394. The third kappa shape index (κ3) is 1.98. The first kappa shape index (κ1) is 8.49. The zero-order chi connectivity index (χ0) is 9.80. The largest absolute Gasteiger partial charge is 0.382 e. The molecule has 2 rings (SSSR count). The number of anilines is 2. The number of aromatic amines is 1. The van der Waals surface area contributed by atoms with Gasteiger partial charge < -0.3 is 11.1 Å². The Balaban J connectivity index is 1.95. The zero-order valence-electron chi connectivity index (χ0n) is 7.44. The number of hydrogen-bond donors (Lipinski definition) is 3. The highest BCUT2D eigenvalue weighted by Crippen LogP contribution is 2.04. The third-order valence-electron chi connectivity index (χ3n) is 1.70. The van der Waals surface area contributed by atoms with Crippen LogP contribution < -0.4 is 11.1 Å². The number of nitrogens with one attached hydrogen (secondary N) is 2. The maximum atomic E-state index is 5.40. The van der Waals surface area contributed by atoms with Gasteiger partial charge in [0.1, 0.15) is 11.6 Å². The van der Waals surface area contributed by atoms with Gasteiger partial charge >= 0.3 is 0 Å². The van der Waals surface area contributed by atoms with Crippen molar-refractivity contribution in [2.75, 3.05) is 11.1 Å². The molecular weight excluding hydrogens is 180 g/mol. The third-order valence-corrected chi connectivity index (χ3v) is 1.70. The van der Waals surface area contributed by atoms with Gasteiger partial charge in [0.15, 0.2) is 0 Å². The van der Waals surface area contributed by atoms with E-state index in [4.69, 9.17) is 5.73 Å². The number of H-pyrrole nitrogens is 1. The standard InChI is InChI=1S/C8H10N6/c9-7-4-12-8(5-10-7)11-1-6-2-13-14-3-6/h2-5H,1H2,(H2,9,10)(H,11,12)(H,13,14). The van der Waals surface area contributed by atoms with Crippen molar-refractivity contribution in [3.8, 4) is 0 Å². The number of nitrogen functional groups attached to an aromatic ring is 1. The Morgan fingerprint density at radius 3 is 2.86 bits per heavy atom. The molecule has 2 heterocycles. The van der Waals surface area contributed by atoms with E-state index in [-0.39, 0.29) is 0 Å². The quantitative estimate of drug-likeness (QED) is 0.651. The lowest BCUT2D eigenvalue weighted by Gasteiger charge is -2.02. The smallest absolute Gasteiger partial charge is 0.144 e. The minimum Gasteiger partial charge on any atom is -0.382 e. The molecule has 2 aromatic heterocycles. The van der Waals surface area contributed by atoms with E-state index in [1.54, 1.807) is 12.4 Å². The van der Waals surface area contributed by atoms with Crippen LogP contribution in [0.5, 0.6) is 0 Å². The Morgan fingerprint density at radius 1 is 1.29 bits per heavy atom. The van der Waals surface area contributed by atoms with Gasteiger partial charge in [0.25, 0.3) is 0 Å². The summed E-state index contributed by atoms with van der Waals surface area (Å²) in [6.45, 7) is 0.662. The van der Waals surface area contributed by atoms with Crippen LogP contribution in [0.3, 0.4) is 0 Å². The second-order valence-electron chi connectivity index (χ2n) is 2.79. The molecule has 0 bridgehead atoms. The van der Waals surface area contributed by atoms with Crippen LogP contribution in [0.15, 0.2) is 24.8 Å². The lowest BCUT2D eigenvalue weighted by molar-refractivity contribution is 1.09. The molecule has 14 heavy (non-hydrogen) atoms. The van der Waals surface area contributed by atoms with E-state index in [1.807, 2.05) is 6.20 Å². The van der Waals surface area contributed by atoms with Gasteiger partial charge in [0.2, 0.25) is 0 Å². The number of rotatable bonds is 3. The molecule has 0 fully saturated rings.